The predicted molar refractivity (Wildman–Crippen MR) is 81.9 cm³/mol. The van der Waals surface area contributed by atoms with E-state index in [9.17, 15) is 15.3 Å². The van der Waals surface area contributed by atoms with Gasteiger partial charge in [-0.25, -0.2) is 0 Å². The molecule has 0 saturated carbocycles. The first-order chi connectivity index (χ1) is 10.0. The van der Waals surface area contributed by atoms with Gasteiger partial charge in [-0.3, -0.25) is 0 Å². The van der Waals surface area contributed by atoms with Gasteiger partial charge in [-0.2, -0.15) is 0 Å². The Kier molecular flexibility index (Phi) is 5.88. The van der Waals surface area contributed by atoms with Crippen LogP contribution in [0, 0.1) is 0 Å². The van der Waals surface area contributed by atoms with Crippen molar-refractivity contribution in [2.75, 3.05) is 19.8 Å². The van der Waals surface area contributed by atoms with E-state index in [4.69, 9.17) is 27.9 Å². The van der Waals surface area contributed by atoms with Gasteiger partial charge < -0.3 is 20.1 Å². The van der Waals surface area contributed by atoms with Crippen molar-refractivity contribution in [3.63, 3.8) is 0 Å². The van der Waals surface area contributed by atoms with E-state index >= 15 is 0 Å². The highest BCUT2D eigenvalue weighted by Crippen LogP contribution is 2.37. The molecule has 0 unspecified atom stereocenters. The Bertz CT molecular complexity index is 477. The first kappa shape index (κ1) is 17.0. The van der Waals surface area contributed by atoms with Crippen LogP contribution in [0.4, 0.5) is 0 Å². The van der Waals surface area contributed by atoms with Crippen molar-refractivity contribution in [3.05, 3.63) is 33.8 Å². The van der Waals surface area contributed by atoms with Crippen LogP contribution in [0.25, 0.3) is 0 Å². The average Bonchev–Trinajstić information content (AvgIpc) is 2.75. The summed E-state index contributed by atoms with van der Waals surface area (Å²) in [6, 6.07) is 5.30. The van der Waals surface area contributed by atoms with Crippen molar-refractivity contribution in [3.8, 4) is 0 Å². The van der Waals surface area contributed by atoms with E-state index in [0.717, 1.165) is 24.8 Å². The van der Waals surface area contributed by atoms with E-state index in [-0.39, 0.29) is 5.92 Å². The zero-order valence-electron chi connectivity index (χ0n) is 11.6. The van der Waals surface area contributed by atoms with Crippen molar-refractivity contribution < 1.29 is 20.1 Å². The van der Waals surface area contributed by atoms with Crippen LogP contribution in [0.1, 0.15) is 30.7 Å². The summed E-state index contributed by atoms with van der Waals surface area (Å²) in [6.07, 6.45) is 1.91. The third kappa shape index (κ3) is 3.70. The topological polar surface area (TPSA) is 69.9 Å². The van der Waals surface area contributed by atoms with Crippen molar-refractivity contribution >= 4 is 23.2 Å². The minimum Gasteiger partial charge on any atom is -0.393 e. The lowest BCUT2D eigenvalue weighted by atomic mass is 9.81. The highest BCUT2D eigenvalue weighted by Gasteiger charge is 2.43. The Morgan fingerprint density at radius 2 is 1.86 bits per heavy atom. The van der Waals surface area contributed by atoms with Crippen LogP contribution in [0.2, 0.25) is 10.0 Å². The first-order valence-electron chi connectivity index (χ1n) is 7.02. The van der Waals surface area contributed by atoms with Crippen LogP contribution in [0.5, 0.6) is 0 Å². The maximum atomic E-state index is 10.5. The van der Waals surface area contributed by atoms with Crippen LogP contribution in [0.15, 0.2) is 18.2 Å². The molecule has 6 heteroatoms. The van der Waals surface area contributed by atoms with E-state index in [1.807, 2.05) is 6.07 Å². The van der Waals surface area contributed by atoms with Gasteiger partial charge in [0.25, 0.3) is 0 Å². The zero-order chi connectivity index (χ0) is 15.5. The monoisotopic (exact) mass is 334 g/mol. The molecule has 1 saturated heterocycles. The smallest absolute Gasteiger partial charge is 0.137 e. The summed E-state index contributed by atoms with van der Waals surface area (Å²) in [5.74, 6) is -0.161. The van der Waals surface area contributed by atoms with Gasteiger partial charge >= 0.3 is 0 Å². The van der Waals surface area contributed by atoms with Gasteiger partial charge in [0.15, 0.2) is 0 Å². The largest absolute Gasteiger partial charge is 0.393 e. The van der Waals surface area contributed by atoms with Gasteiger partial charge in [0, 0.05) is 12.5 Å². The quantitative estimate of drug-likeness (QED) is 0.790. The number of halogens is 2. The number of ether oxygens (including phenoxy) is 1. The fourth-order valence-corrected chi connectivity index (χ4v) is 3.09. The molecule has 0 radical (unpaired) electrons. The molecule has 1 fully saturated rings. The SMILES string of the molecule is OCC(O)(CO)[C@H]1OCCCC[C@@H]1c1ccc(Cl)c(Cl)c1. The lowest BCUT2D eigenvalue weighted by molar-refractivity contribution is -0.158. The molecule has 2 rings (SSSR count). The maximum Gasteiger partial charge on any atom is 0.137 e. The molecule has 4 nitrogen and oxygen atoms in total. The minimum absolute atomic E-state index is 0.161. The summed E-state index contributed by atoms with van der Waals surface area (Å²) in [6.45, 7) is -0.636. The van der Waals surface area contributed by atoms with Crippen molar-refractivity contribution in [2.24, 2.45) is 0 Å². The standard InChI is InChI=1S/C15H20Cl2O4/c16-12-5-4-10(7-13(12)17)11-3-1-2-6-21-14(11)15(20,8-18)9-19/h4-5,7,11,14,18-20H,1-3,6,8-9H2/t11-,14+/m1/s1. The summed E-state index contributed by atoms with van der Waals surface area (Å²) in [5.41, 5.74) is -0.794. The summed E-state index contributed by atoms with van der Waals surface area (Å²) in [4.78, 5) is 0. The predicted octanol–water partition coefficient (Wildman–Crippen LogP) is 2.36. The molecule has 0 amide bonds. The van der Waals surface area contributed by atoms with Gasteiger partial charge in [-0.05, 0) is 30.5 Å². The lowest BCUT2D eigenvalue weighted by Crippen LogP contribution is -2.52. The van der Waals surface area contributed by atoms with E-state index in [2.05, 4.69) is 0 Å². The van der Waals surface area contributed by atoms with Crippen LogP contribution in [0.3, 0.4) is 0 Å². The molecule has 0 bridgehead atoms. The fourth-order valence-electron chi connectivity index (χ4n) is 2.79. The number of hydrogen-bond acceptors (Lipinski definition) is 4. The molecule has 1 heterocycles. The summed E-state index contributed by atoms with van der Waals surface area (Å²) in [7, 11) is 0. The molecule has 2 atom stereocenters. The molecule has 1 aliphatic rings. The van der Waals surface area contributed by atoms with E-state index in [1.165, 1.54) is 0 Å². The molecular weight excluding hydrogens is 315 g/mol. The van der Waals surface area contributed by atoms with Crippen LogP contribution < -0.4 is 0 Å². The molecule has 0 spiro atoms. The summed E-state index contributed by atoms with van der Waals surface area (Å²) >= 11 is 12.0. The number of hydrogen-bond donors (Lipinski definition) is 3. The highest BCUT2D eigenvalue weighted by atomic mass is 35.5. The third-order valence-corrected chi connectivity index (χ3v) is 4.76. The lowest BCUT2D eigenvalue weighted by Gasteiger charge is -2.37. The van der Waals surface area contributed by atoms with E-state index in [0.29, 0.717) is 16.7 Å². The first-order valence-corrected chi connectivity index (χ1v) is 7.78. The zero-order valence-corrected chi connectivity index (χ0v) is 13.1. The normalized spacial score (nSPS) is 23.9. The maximum absolute atomic E-state index is 10.5. The molecule has 1 aromatic rings. The van der Waals surface area contributed by atoms with E-state index < -0.39 is 24.9 Å². The Labute approximate surface area is 134 Å². The van der Waals surface area contributed by atoms with E-state index in [1.54, 1.807) is 12.1 Å². The number of benzene rings is 1. The van der Waals surface area contributed by atoms with Crippen LogP contribution >= 0.6 is 23.2 Å². The highest BCUT2D eigenvalue weighted by molar-refractivity contribution is 6.42. The van der Waals surface area contributed by atoms with Gasteiger partial charge in [0.2, 0.25) is 0 Å². The van der Waals surface area contributed by atoms with Crippen molar-refractivity contribution in [1.82, 2.24) is 0 Å². The van der Waals surface area contributed by atoms with Crippen molar-refractivity contribution in [2.45, 2.75) is 36.9 Å². The molecule has 0 aliphatic carbocycles. The average molecular weight is 335 g/mol. The second-order valence-corrected chi connectivity index (χ2v) is 6.30. The summed E-state index contributed by atoms with van der Waals surface area (Å²) < 4.78 is 5.74. The minimum atomic E-state index is -1.68. The summed E-state index contributed by atoms with van der Waals surface area (Å²) in [5, 5.41) is 30.3. The van der Waals surface area contributed by atoms with Gasteiger partial charge in [0.1, 0.15) is 5.60 Å². The second kappa shape index (κ2) is 7.27. The molecular formula is C15H20Cl2O4. The molecule has 3 N–H and O–H groups in total. The molecule has 1 aromatic carbocycles. The van der Waals surface area contributed by atoms with Crippen molar-refractivity contribution in [1.29, 1.82) is 0 Å². The Hall–Kier alpha value is -0.360. The fraction of sp³-hybridized carbons (Fsp3) is 0.600. The van der Waals surface area contributed by atoms with Gasteiger partial charge in [-0.1, -0.05) is 35.7 Å². The molecule has 118 valence electrons. The van der Waals surface area contributed by atoms with Gasteiger partial charge in [0.05, 0.1) is 29.4 Å². The van der Waals surface area contributed by atoms with Gasteiger partial charge in [-0.15, -0.1) is 0 Å². The van der Waals surface area contributed by atoms with Crippen LogP contribution in [-0.2, 0) is 4.74 Å². The molecule has 21 heavy (non-hydrogen) atoms. The number of aliphatic hydroxyl groups is 3. The Morgan fingerprint density at radius 1 is 1.14 bits per heavy atom. The Morgan fingerprint density at radius 3 is 2.48 bits per heavy atom. The molecule has 0 aromatic heterocycles. The Balaban J connectivity index is 2.37. The third-order valence-electron chi connectivity index (χ3n) is 4.02. The van der Waals surface area contributed by atoms with Crippen LogP contribution in [-0.4, -0.2) is 46.8 Å². The second-order valence-electron chi connectivity index (χ2n) is 5.49. The number of aliphatic hydroxyl groups excluding tert-OH is 2. The number of rotatable bonds is 4. The molecule has 1 aliphatic heterocycles.